The second-order valence-corrected chi connectivity index (χ2v) is 2.33. The summed E-state index contributed by atoms with van der Waals surface area (Å²) in [5.41, 5.74) is 0. The Bertz CT molecular complexity index is 265. The molecule has 0 radical (unpaired) electrons. The van der Waals surface area contributed by atoms with E-state index in [9.17, 15) is 0 Å². The van der Waals surface area contributed by atoms with Gasteiger partial charge in [-0.15, -0.1) is 0 Å². The smallest absolute Gasteiger partial charge is 0.387 e. The Morgan fingerprint density at radius 2 is 1.38 bits per heavy atom. The standard InChI is InChI=1S/C7H8N4O2/c8-10-4-6(12)2-1-3-7(13)5-11-9/h4-5H,1-3H2/p+2/b6-4-,7-5-. The van der Waals surface area contributed by atoms with Crippen molar-refractivity contribution in [1.29, 1.82) is 10.8 Å². The maximum atomic E-state index is 8.93. The van der Waals surface area contributed by atoms with Crippen LogP contribution in [0.15, 0.2) is 23.9 Å². The van der Waals surface area contributed by atoms with Gasteiger partial charge >= 0.3 is 12.4 Å². The predicted molar refractivity (Wildman–Crippen MR) is 45.4 cm³/mol. The van der Waals surface area contributed by atoms with Crippen molar-refractivity contribution in [2.45, 2.75) is 19.3 Å². The number of hydrogen-bond donors (Lipinski definition) is 2. The zero-order valence-corrected chi connectivity index (χ0v) is 6.96. The van der Waals surface area contributed by atoms with E-state index >= 15 is 0 Å². The molecule has 0 saturated carbocycles. The molecule has 0 heterocycles. The lowest BCUT2D eigenvalue weighted by Gasteiger charge is -1.93. The average molecular weight is 182 g/mol. The van der Waals surface area contributed by atoms with Gasteiger partial charge in [-0.2, -0.15) is 0 Å². The summed E-state index contributed by atoms with van der Waals surface area (Å²) >= 11 is 0. The fourth-order valence-corrected chi connectivity index (χ4v) is 0.713. The lowest BCUT2D eigenvalue weighted by molar-refractivity contribution is 0.360. The molecule has 0 aliphatic rings. The fourth-order valence-electron chi connectivity index (χ4n) is 0.713. The Balaban J connectivity index is 3.71. The predicted octanol–water partition coefficient (Wildman–Crippen LogP) is 2.66. The molecule has 0 amide bonds. The number of rotatable bonds is 4. The van der Waals surface area contributed by atoms with E-state index in [0.29, 0.717) is 6.42 Å². The van der Waals surface area contributed by atoms with Gasteiger partial charge in [0.2, 0.25) is 10.8 Å². The number of allylic oxidation sites excluding steroid dienone is 2. The lowest BCUT2D eigenvalue weighted by Crippen LogP contribution is -1.84. The highest BCUT2D eigenvalue weighted by Crippen LogP contribution is 2.08. The molecule has 6 heteroatoms. The summed E-state index contributed by atoms with van der Waals surface area (Å²) in [6.07, 6.45) is 2.87. The number of aliphatic hydroxyl groups excluding tert-OH is 2. The van der Waals surface area contributed by atoms with Crippen LogP contribution in [-0.2, 0) is 0 Å². The molecule has 0 aromatic heterocycles. The number of nitrogens with zero attached hydrogens (tertiary/aromatic N) is 4. The van der Waals surface area contributed by atoms with Crippen LogP contribution in [0.1, 0.15) is 19.3 Å². The first-order valence-corrected chi connectivity index (χ1v) is 3.65. The van der Waals surface area contributed by atoms with Crippen LogP contribution in [0.2, 0.25) is 0 Å². The maximum absolute atomic E-state index is 8.93. The Morgan fingerprint density at radius 3 is 1.69 bits per heavy atom. The highest BCUT2D eigenvalue weighted by atomic mass is 16.3. The quantitative estimate of drug-likeness (QED) is 0.515. The monoisotopic (exact) mass is 182 g/mol. The first-order chi connectivity index (χ1) is 6.20. The van der Waals surface area contributed by atoms with Crippen molar-refractivity contribution in [3.63, 3.8) is 0 Å². The van der Waals surface area contributed by atoms with Crippen LogP contribution < -0.4 is 0 Å². The van der Waals surface area contributed by atoms with E-state index < -0.39 is 0 Å². The van der Waals surface area contributed by atoms with Crippen LogP contribution in [0.5, 0.6) is 0 Å². The molecule has 0 atom stereocenters. The summed E-state index contributed by atoms with van der Waals surface area (Å²) in [5.74, 6) is -0.146. The van der Waals surface area contributed by atoms with Gasteiger partial charge in [-0.25, -0.2) is 0 Å². The molecule has 13 heavy (non-hydrogen) atoms. The minimum atomic E-state index is -0.0729. The van der Waals surface area contributed by atoms with Gasteiger partial charge in [0, 0.05) is 12.8 Å². The van der Waals surface area contributed by atoms with Gasteiger partial charge < -0.3 is 10.2 Å². The van der Waals surface area contributed by atoms with Crippen molar-refractivity contribution >= 4 is 0 Å². The van der Waals surface area contributed by atoms with Crippen molar-refractivity contribution in [2.75, 3.05) is 0 Å². The summed E-state index contributed by atoms with van der Waals surface area (Å²) in [6, 6.07) is 0. The topological polar surface area (TPSA) is 96.8 Å². The van der Waals surface area contributed by atoms with Gasteiger partial charge in [0.25, 0.3) is 0 Å². The first kappa shape index (κ1) is 10.9. The van der Waals surface area contributed by atoms with Crippen molar-refractivity contribution < 1.29 is 10.2 Å². The fraction of sp³-hybridized carbons (Fsp3) is 0.429. The minimum absolute atomic E-state index is 0.0729. The molecule has 0 aliphatic heterocycles. The molecule has 0 aromatic rings. The van der Waals surface area contributed by atoms with Gasteiger partial charge in [-0.1, -0.05) is 0 Å². The molecule has 0 bridgehead atoms. The summed E-state index contributed by atoms with van der Waals surface area (Å²) in [7, 11) is 0. The zero-order chi connectivity index (χ0) is 10.1. The zero-order valence-electron chi connectivity index (χ0n) is 6.96. The molecule has 0 aromatic carbocycles. The van der Waals surface area contributed by atoms with E-state index in [1.165, 1.54) is 0 Å². The molecule has 0 spiro atoms. The SMILES string of the molecule is N#[N+]/C=C(\O)CCC/C(O)=C/[N+]#N. The van der Waals surface area contributed by atoms with Gasteiger partial charge in [0.05, 0.1) is 0 Å². The van der Waals surface area contributed by atoms with Crippen molar-refractivity contribution in [3.05, 3.63) is 33.9 Å². The van der Waals surface area contributed by atoms with E-state index in [1.807, 2.05) is 0 Å². The molecule has 68 valence electrons. The molecule has 0 saturated heterocycles. The molecule has 6 nitrogen and oxygen atoms in total. The summed E-state index contributed by atoms with van der Waals surface area (Å²) in [4.78, 5) is 5.24. The Kier molecular flexibility index (Phi) is 5.56. The molecule has 2 N–H and O–H groups in total. The molecular formula is C7H10N4O2+2. The molecule has 0 fully saturated rings. The molecule has 0 unspecified atom stereocenters. The van der Waals surface area contributed by atoms with Crippen molar-refractivity contribution in [3.8, 4) is 0 Å². The normalized spacial score (nSPS) is 11.8. The minimum Gasteiger partial charge on any atom is -0.505 e. The number of diazo groups is 2. The highest BCUT2D eigenvalue weighted by Gasteiger charge is 2.03. The van der Waals surface area contributed by atoms with Crippen LogP contribution in [0.4, 0.5) is 0 Å². The third-order valence-electron chi connectivity index (χ3n) is 1.28. The second-order valence-electron chi connectivity index (χ2n) is 2.33. The van der Waals surface area contributed by atoms with E-state index in [-0.39, 0.29) is 24.4 Å². The van der Waals surface area contributed by atoms with E-state index in [4.69, 9.17) is 21.0 Å². The van der Waals surface area contributed by atoms with E-state index in [0.717, 1.165) is 12.4 Å². The number of aliphatic hydroxyl groups is 2. The Morgan fingerprint density at radius 1 is 1.00 bits per heavy atom. The average Bonchev–Trinajstić information content (AvgIpc) is 2.05. The lowest BCUT2D eigenvalue weighted by atomic mass is 10.2. The van der Waals surface area contributed by atoms with E-state index in [2.05, 4.69) is 9.95 Å². The van der Waals surface area contributed by atoms with Gasteiger partial charge in [0.15, 0.2) is 21.5 Å². The van der Waals surface area contributed by atoms with Crippen molar-refractivity contribution in [1.82, 2.24) is 0 Å². The van der Waals surface area contributed by atoms with Gasteiger partial charge in [0.1, 0.15) is 0 Å². The molecule has 0 aliphatic carbocycles. The summed E-state index contributed by atoms with van der Waals surface area (Å²) in [6.45, 7) is 0. The summed E-state index contributed by atoms with van der Waals surface area (Å²) in [5, 5.41) is 33.9. The first-order valence-electron chi connectivity index (χ1n) is 3.65. The highest BCUT2D eigenvalue weighted by molar-refractivity contribution is 4.98. The third kappa shape index (κ3) is 6.32. The van der Waals surface area contributed by atoms with Crippen LogP contribution in [0, 0.1) is 10.8 Å². The second kappa shape index (κ2) is 6.62. The largest absolute Gasteiger partial charge is 0.505 e. The Labute approximate surface area is 75.1 Å². The van der Waals surface area contributed by atoms with Gasteiger partial charge in [-0.3, -0.25) is 0 Å². The van der Waals surface area contributed by atoms with Crippen LogP contribution in [-0.4, -0.2) is 10.2 Å². The van der Waals surface area contributed by atoms with Crippen LogP contribution in [0.3, 0.4) is 0 Å². The summed E-state index contributed by atoms with van der Waals surface area (Å²) < 4.78 is 0. The molecule has 0 rings (SSSR count). The van der Waals surface area contributed by atoms with Crippen LogP contribution in [0.25, 0.3) is 9.95 Å². The number of hydrogen-bond acceptors (Lipinski definition) is 4. The molecular weight excluding hydrogens is 172 g/mol. The van der Waals surface area contributed by atoms with Crippen LogP contribution >= 0.6 is 0 Å². The Hall–Kier alpha value is -2.08. The van der Waals surface area contributed by atoms with Crippen molar-refractivity contribution in [2.24, 2.45) is 0 Å². The third-order valence-corrected chi connectivity index (χ3v) is 1.28. The maximum Gasteiger partial charge on any atom is 0.387 e. The van der Waals surface area contributed by atoms with Gasteiger partial charge in [-0.05, 0) is 6.42 Å². The van der Waals surface area contributed by atoms with E-state index in [1.54, 1.807) is 0 Å².